The van der Waals surface area contributed by atoms with E-state index in [9.17, 15) is 4.79 Å². The molecule has 0 fully saturated rings. The largest absolute Gasteiger partial charge is 0.490 e. The SMILES string of the molecule is Nc1cc(B(O)O)cnc1C(=O)O. The summed E-state index contributed by atoms with van der Waals surface area (Å²) in [5.74, 6) is -1.25. The fourth-order valence-corrected chi connectivity index (χ4v) is 0.819. The van der Waals surface area contributed by atoms with Gasteiger partial charge < -0.3 is 20.9 Å². The van der Waals surface area contributed by atoms with Crippen molar-refractivity contribution in [3.63, 3.8) is 0 Å². The number of rotatable bonds is 2. The zero-order valence-electron chi connectivity index (χ0n) is 6.51. The minimum atomic E-state index is -1.70. The number of nitrogens with two attached hydrogens (primary N) is 1. The summed E-state index contributed by atoms with van der Waals surface area (Å²) in [7, 11) is -1.70. The van der Waals surface area contributed by atoms with Crippen molar-refractivity contribution >= 4 is 24.2 Å². The zero-order valence-corrected chi connectivity index (χ0v) is 6.51. The maximum absolute atomic E-state index is 10.4. The summed E-state index contributed by atoms with van der Waals surface area (Å²) in [5, 5.41) is 25.9. The van der Waals surface area contributed by atoms with Crippen molar-refractivity contribution < 1.29 is 19.9 Å². The van der Waals surface area contributed by atoms with E-state index in [-0.39, 0.29) is 16.8 Å². The van der Waals surface area contributed by atoms with Crippen LogP contribution in [0.2, 0.25) is 0 Å². The highest BCUT2D eigenvalue weighted by atomic mass is 16.4. The van der Waals surface area contributed by atoms with Crippen molar-refractivity contribution in [2.24, 2.45) is 0 Å². The smallest absolute Gasteiger partial charge is 0.476 e. The standard InChI is InChI=1S/C6H7BN2O4/c8-4-1-3(7(12)13)2-9-5(4)6(10)11/h1-2,12-13H,8H2,(H,10,11). The molecule has 0 radical (unpaired) electrons. The Balaban J connectivity index is 3.13. The van der Waals surface area contributed by atoms with Crippen LogP contribution in [0, 0.1) is 0 Å². The quantitative estimate of drug-likeness (QED) is 0.394. The Bertz CT molecular complexity index is 341. The van der Waals surface area contributed by atoms with Gasteiger partial charge in [0, 0.05) is 11.7 Å². The van der Waals surface area contributed by atoms with Crippen LogP contribution in [-0.2, 0) is 0 Å². The third-order valence-electron chi connectivity index (χ3n) is 1.44. The number of anilines is 1. The normalized spacial score (nSPS) is 9.69. The predicted octanol–water partition coefficient (Wildman–Crippen LogP) is -1.96. The second-order valence-corrected chi connectivity index (χ2v) is 2.39. The first kappa shape index (κ1) is 9.49. The lowest BCUT2D eigenvalue weighted by Crippen LogP contribution is -2.31. The molecular formula is C6H7BN2O4. The van der Waals surface area contributed by atoms with Crippen molar-refractivity contribution in [2.45, 2.75) is 0 Å². The average Bonchev–Trinajstić information content (AvgIpc) is 2.03. The van der Waals surface area contributed by atoms with Gasteiger partial charge >= 0.3 is 13.1 Å². The lowest BCUT2D eigenvalue weighted by molar-refractivity contribution is 0.0692. The van der Waals surface area contributed by atoms with Gasteiger partial charge in [-0.25, -0.2) is 9.78 Å². The van der Waals surface area contributed by atoms with Gasteiger partial charge in [0.2, 0.25) is 0 Å². The molecule has 0 atom stereocenters. The van der Waals surface area contributed by atoms with E-state index in [1.165, 1.54) is 0 Å². The number of hydrogen-bond acceptors (Lipinski definition) is 5. The molecule has 68 valence electrons. The monoisotopic (exact) mass is 182 g/mol. The maximum atomic E-state index is 10.4. The van der Waals surface area contributed by atoms with Crippen LogP contribution in [0.3, 0.4) is 0 Å². The Kier molecular flexibility index (Phi) is 2.50. The molecule has 6 nitrogen and oxygen atoms in total. The molecule has 13 heavy (non-hydrogen) atoms. The molecule has 1 heterocycles. The first-order valence-electron chi connectivity index (χ1n) is 3.37. The molecule has 0 aliphatic rings. The molecule has 1 rings (SSSR count). The van der Waals surface area contributed by atoms with E-state index in [1.807, 2.05) is 0 Å². The number of carbonyl (C=O) groups is 1. The van der Waals surface area contributed by atoms with Gasteiger partial charge in [0.25, 0.3) is 0 Å². The molecule has 0 spiro atoms. The third-order valence-corrected chi connectivity index (χ3v) is 1.44. The molecule has 7 heteroatoms. The zero-order chi connectivity index (χ0) is 10.0. The van der Waals surface area contributed by atoms with Gasteiger partial charge in [-0.3, -0.25) is 0 Å². The van der Waals surface area contributed by atoms with Crippen molar-refractivity contribution in [2.75, 3.05) is 5.73 Å². The van der Waals surface area contributed by atoms with Gasteiger partial charge in [-0.1, -0.05) is 0 Å². The Morgan fingerprint density at radius 3 is 2.54 bits per heavy atom. The topological polar surface area (TPSA) is 117 Å². The van der Waals surface area contributed by atoms with Gasteiger partial charge in [0.15, 0.2) is 5.69 Å². The fourth-order valence-electron chi connectivity index (χ4n) is 0.819. The number of carboxylic acids is 1. The maximum Gasteiger partial charge on any atom is 0.490 e. The number of aromatic carboxylic acids is 1. The highest BCUT2D eigenvalue weighted by Gasteiger charge is 2.15. The number of pyridine rings is 1. The number of carboxylic acid groups (broad SMARTS) is 1. The molecule has 0 aliphatic heterocycles. The van der Waals surface area contributed by atoms with Crippen LogP contribution in [0.5, 0.6) is 0 Å². The molecule has 0 unspecified atom stereocenters. The van der Waals surface area contributed by atoms with E-state index in [2.05, 4.69) is 4.98 Å². The summed E-state index contributed by atoms with van der Waals surface area (Å²) in [6, 6.07) is 1.15. The second kappa shape index (κ2) is 3.42. The van der Waals surface area contributed by atoms with Gasteiger partial charge in [-0.2, -0.15) is 0 Å². The first-order chi connectivity index (χ1) is 6.02. The molecule has 0 saturated heterocycles. The Hall–Kier alpha value is -1.60. The highest BCUT2D eigenvalue weighted by molar-refractivity contribution is 6.58. The van der Waals surface area contributed by atoms with Crippen molar-refractivity contribution in [1.82, 2.24) is 4.98 Å². The molecule has 0 saturated carbocycles. The summed E-state index contributed by atoms with van der Waals surface area (Å²) in [5.41, 5.74) is 4.95. The van der Waals surface area contributed by atoms with Crippen LogP contribution in [0.1, 0.15) is 10.5 Å². The molecular weight excluding hydrogens is 175 g/mol. The second-order valence-electron chi connectivity index (χ2n) is 2.39. The molecule has 1 aromatic rings. The van der Waals surface area contributed by atoms with Crippen LogP contribution in [0.25, 0.3) is 0 Å². The fraction of sp³-hybridized carbons (Fsp3) is 0. The first-order valence-corrected chi connectivity index (χ1v) is 3.37. The molecule has 0 aliphatic carbocycles. The van der Waals surface area contributed by atoms with Crippen molar-refractivity contribution in [1.29, 1.82) is 0 Å². The van der Waals surface area contributed by atoms with Gasteiger partial charge in [0.05, 0.1) is 5.69 Å². The van der Waals surface area contributed by atoms with E-state index < -0.39 is 13.1 Å². The molecule has 0 aromatic carbocycles. The molecule has 0 bridgehead atoms. The number of nitrogens with zero attached hydrogens (tertiary/aromatic N) is 1. The van der Waals surface area contributed by atoms with E-state index in [1.54, 1.807) is 0 Å². The van der Waals surface area contributed by atoms with Gasteiger partial charge in [-0.15, -0.1) is 0 Å². The summed E-state index contributed by atoms with van der Waals surface area (Å²) in [4.78, 5) is 13.9. The van der Waals surface area contributed by atoms with Crippen LogP contribution in [0.15, 0.2) is 12.3 Å². The van der Waals surface area contributed by atoms with E-state index >= 15 is 0 Å². The number of hydrogen-bond donors (Lipinski definition) is 4. The lowest BCUT2D eigenvalue weighted by Gasteiger charge is -2.02. The Labute approximate surface area is 73.8 Å². The number of nitrogen functional groups attached to an aromatic ring is 1. The lowest BCUT2D eigenvalue weighted by atomic mass is 9.81. The summed E-state index contributed by atoms with van der Waals surface area (Å²) in [6.07, 6.45) is 1.05. The molecule has 5 N–H and O–H groups in total. The van der Waals surface area contributed by atoms with E-state index in [4.69, 9.17) is 20.9 Å². The van der Waals surface area contributed by atoms with Crippen LogP contribution in [0.4, 0.5) is 5.69 Å². The van der Waals surface area contributed by atoms with Crippen molar-refractivity contribution in [3.8, 4) is 0 Å². The minimum absolute atomic E-state index is 0.0579. The van der Waals surface area contributed by atoms with E-state index in [0.717, 1.165) is 12.3 Å². The molecule has 1 aromatic heterocycles. The van der Waals surface area contributed by atoms with Gasteiger partial charge in [0.1, 0.15) is 0 Å². The predicted molar refractivity (Wildman–Crippen MR) is 45.4 cm³/mol. The summed E-state index contributed by atoms with van der Waals surface area (Å²) in [6.45, 7) is 0. The number of aromatic nitrogens is 1. The van der Waals surface area contributed by atoms with Crippen LogP contribution < -0.4 is 11.2 Å². The summed E-state index contributed by atoms with van der Waals surface area (Å²) < 4.78 is 0. The van der Waals surface area contributed by atoms with E-state index in [0.29, 0.717) is 0 Å². The molecule has 0 amide bonds. The minimum Gasteiger partial charge on any atom is -0.476 e. The summed E-state index contributed by atoms with van der Waals surface area (Å²) >= 11 is 0. The van der Waals surface area contributed by atoms with Crippen LogP contribution in [-0.4, -0.2) is 33.2 Å². The van der Waals surface area contributed by atoms with Gasteiger partial charge in [-0.05, 0) is 6.07 Å². The van der Waals surface area contributed by atoms with Crippen molar-refractivity contribution in [3.05, 3.63) is 18.0 Å². The van der Waals surface area contributed by atoms with Crippen LogP contribution >= 0.6 is 0 Å². The highest BCUT2D eigenvalue weighted by Crippen LogP contribution is 2.04. The Morgan fingerprint density at radius 1 is 1.54 bits per heavy atom. The Morgan fingerprint density at radius 2 is 2.15 bits per heavy atom. The third kappa shape index (κ3) is 1.95. The average molecular weight is 182 g/mol.